The lowest BCUT2D eigenvalue weighted by Gasteiger charge is -2.24. The van der Waals surface area contributed by atoms with Gasteiger partial charge in [-0.3, -0.25) is 4.79 Å². The molecule has 0 fully saturated rings. The van der Waals surface area contributed by atoms with Crippen LogP contribution in [0.4, 0.5) is 5.69 Å². The van der Waals surface area contributed by atoms with Crippen molar-refractivity contribution in [2.75, 3.05) is 25.2 Å². The third-order valence-electron chi connectivity index (χ3n) is 3.06. The van der Waals surface area contributed by atoms with Crippen LogP contribution in [0.5, 0.6) is 0 Å². The molecular weight excluding hydrogens is 290 g/mol. The van der Waals surface area contributed by atoms with E-state index in [-0.39, 0.29) is 5.91 Å². The van der Waals surface area contributed by atoms with E-state index >= 15 is 0 Å². The Bertz CT molecular complexity index is 515. The van der Waals surface area contributed by atoms with E-state index in [2.05, 4.69) is 10.6 Å². The second kappa shape index (κ2) is 6.95. The number of benzene rings is 1. The van der Waals surface area contributed by atoms with Gasteiger partial charge < -0.3 is 16.4 Å². The van der Waals surface area contributed by atoms with Crippen LogP contribution < -0.4 is 16.4 Å². The van der Waals surface area contributed by atoms with Crippen molar-refractivity contribution in [3.63, 3.8) is 0 Å². The molecule has 1 aromatic carbocycles. The molecule has 20 heavy (non-hydrogen) atoms. The van der Waals surface area contributed by atoms with Crippen molar-refractivity contribution in [1.29, 1.82) is 0 Å². The van der Waals surface area contributed by atoms with Crippen molar-refractivity contribution in [2.45, 2.75) is 18.7 Å². The number of carbonyl (C=O) groups is 1. The van der Waals surface area contributed by atoms with E-state index in [1.165, 1.54) is 0 Å². The van der Waals surface area contributed by atoms with Gasteiger partial charge >= 0.3 is 0 Å². The van der Waals surface area contributed by atoms with Gasteiger partial charge in [-0.25, -0.2) is 0 Å². The maximum atomic E-state index is 11.8. The highest BCUT2D eigenvalue weighted by Crippen LogP contribution is 2.28. The number of thioether (sulfide) groups is 1. The number of thiocarbonyl (C=S) groups is 1. The molecule has 0 aliphatic heterocycles. The number of hydrogen-bond acceptors (Lipinski definition) is 4. The number of amides is 1. The van der Waals surface area contributed by atoms with Gasteiger partial charge in [0.15, 0.2) is 0 Å². The SMILES string of the molecule is CNC(=O)C(C)(C)CNc1cccc(SC)c1C(N)=S. The van der Waals surface area contributed by atoms with Gasteiger partial charge in [0.1, 0.15) is 4.99 Å². The number of nitrogens with one attached hydrogen (secondary N) is 2. The molecule has 0 saturated heterocycles. The second-order valence-corrected chi connectivity index (χ2v) is 6.35. The van der Waals surface area contributed by atoms with Gasteiger partial charge in [0.2, 0.25) is 5.91 Å². The number of anilines is 1. The van der Waals surface area contributed by atoms with Crippen molar-refractivity contribution >= 4 is 40.6 Å². The van der Waals surface area contributed by atoms with Crippen LogP contribution in [0.1, 0.15) is 19.4 Å². The Morgan fingerprint density at radius 3 is 2.60 bits per heavy atom. The minimum atomic E-state index is -0.516. The zero-order valence-corrected chi connectivity index (χ0v) is 13.9. The molecule has 1 amide bonds. The fourth-order valence-corrected chi connectivity index (χ4v) is 2.76. The van der Waals surface area contributed by atoms with E-state index in [4.69, 9.17) is 18.0 Å². The second-order valence-electron chi connectivity index (χ2n) is 5.06. The van der Waals surface area contributed by atoms with Crippen LogP contribution >= 0.6 is 24.0 Å². The van der Waals surface area contributed by atoms with E-state index in [1.807, 2.05) is 38.3 Å². The van der Waals surface area contributed by atoms with E-state index in [9.17, 15) is 4.79 Å². The fraction of sp³-hybridized carbons (Fsp3) is 0.429. The van der Waals surface area contributed by atoms with E-state index in [0.717, 1.165) is 16.1 Å². The lowest BCUT2D eigenvalue weighted by Crippen LogP contribution is -2.39. The quantitative estimate of drug-likeness (QED) is 0.555. The van der Waals surface area contributed by atoms with Crippen molar-refractivity contribution in [3.8, 4) is 0 Å². The molecule has 0 radical (unpaired) electrons. The largest absolute Gasteiger partial charge is 0.389 e. The lowest BCUT2D eigenvalue weighted by molar-refractivity contribution is -0.128. The van der Waals surface area contributed by atoms with Gasteiger partial charge in [0.25, 0.3) is 0 Å². The molecule has 110 valence electrons. The van der Waals surface area contributed by atoms with Crippen LogP contribution in [-0.4, -0.2) is 30.7 Å². The summed E-state index contributed by atoms with van der Waals surface area (Å²) in [6.07, 6.45) is 1.98. The number of rotatable bonds is 6. The van der Waals surface area contributed by atoms with Gasteiger partial charge in [-0.05, 0) is 32.2 Å². The summed E-state index contributed by atoms with van der Waals surface area (Å²) in [5, 5.41) is 5.95. The number of carbonyl (C=O) groups excluding carboxylic acids is 1. The average molecular weight is 311 g/mol. The maximum Gasteiger partial charge on any atom is 0.227 e. The fourth-order valence-electron chi connectivity index (χ4n) is 1.84. The highest BCUT2D eigenvalue weighted by Gasteiger charge is 2.26. The predicted octanol–water partition coefficient (Wildman–Crippen LogP) is 2.23. The summed E-state index contributed by atoms with van der Waals surface area (Å²) in [5.41, 5.74) is 7.00. The van der Waals surface area contributed by atoms with Gasteiger partial charge in [0.05, 0.1) is 5.41 Å². The van der Waals surface area contributed by atoms with Gasteiger partial charge in [0, 0.05) is 29.7 Å². The summed E-state index contributed by atoms with van der Waals surface area (Å²) in [4.78, 5) is 13.2. The summed E-state index contributed by atoms with van der Waals surface area (Å²) >= 11 is 6.73. The molecular formula is C14H21N3OS2. The molecule has 4 nitrogen and oxygen atoms in total. The first-order valence-corrected chi connectivity index (χ1v) is 7.89. The molecule has 0 aliphatic rings. The third-order valence-corrected chi connectivity index (χ3v) is 4.04. The molecule has 4 N–H and O–H groups in total. The van der Waals surface area contributed by atoms with Crippen LogP contribution in [0, 0.1) is 5.41 Å². The van der Waals surface area contributed by atoms with Crippen molar-refractivity contribution < 1.29 is 4.79 Å². The summed E-state index contributed by atoms with van der Waals surface area (Å²) in [7, 11) is 1.64. The predicted molar refractivity (Wildman–Crippen MR) is 90.4 cm³/mol. The zero-order valence-electron chi connectivity index (χ0n) is 12.2. The molecule has 0 spiro atoms. The molecule has 0 saturated carbocycles. The minimum Gasteiger partial charge on any atom is -0.389 e. The smallest absolute Gasteiger partial charge is 0.227 e. The topological polar surface area (TPSA) is 67.2 Å². The van der Waals surface area contributed by atoms with Gasteiger partial charge in [-0.2, -0.15) is 0 Å². The third kappa shape index (κ3) is 3.86. The molecule has 0 aromatic heterocycles. The van der Waals surface area contributed by atoms with Crippen molar-refractivity contribution in [2.24, 2.45) is 11.1 Å². The van der Waals surface area contributed by atoms with Gasteiger partial charge in [-0.15, -0.1) is 11.8 Å². The van der Waals surface area contributed by atoms with Crippen LogP contribution in [0.2, 0.25) is 0 Å². The zero-order chi connectivity index (χ0) is 15.3. The Balaban J connectivity index is 2.99. The van der Waals surface area contributed by atoms with E-state index in [0.29, 0.717) is 11.5 Å². The highest BCUT2D eigenvalue weighted by molar-refractivity contribution is 7.98. The Hall–Kier alpha value is -1.27. The summed E-state index contributed by atoms with van der Waals surface area (Å²) in [5.74, 6) is -0.0112. The molecule has 0 atom stereocenters. The molecule has 1 rings (SSSR count). The maximum absolute atomic E-state index is 11.8. The first kappa shape index (κ1) is 16.8. The van der Waals surface area contributed by atoms with Crippen LogP contribution in [0.25, 0.3) is 0 Å². The lowest BCUT2D eigenvalue weighted by atomic mass is 9.92. The Morgan fingerprint density at radius 2 is 2.10 bits per heavy atom. The monoisotopic (exact) mass is 311 g/mol. The summed E-state index contributed by atoms with van der Waals surface area (Å²) < 4.78 is 0. The number of hydrogen-bond donors (Lipinski definition) is 3. The van der Waals surface area contributed by atoms with Crippen LogP contribution in [0.15, 0.2) is 23.1 Å². The van der Waals surface area contributed by atoms with E-state index < -0.39 is 5.41 Å². The number of nitrogens with two attached hydrogens (primary N) is 1. The normalized spacial score (nSPS) is 11.0. The molecule has 0 heterocycles. The first-order chi connectivity index (χ1) is 9.33. The van der Waals surface area contributed by atoms with E-state index in [1.54, 1.807) is 18.8 Å². The van der Waals surface area contributed by atoms with Crippen molar-refractivity contribution in [1.82, 2.24) is 5.32 Å². The standard InChI is InChI=1S/C14H21N3OS2/c1-14(2,13(18)16-3)8-17-9-6-5-7-10(20-4)11(9)12(15)19/h5-7,17H,8H2,1-4H3,(H2,15,19)(H,16,18). The summed E-state index contributed by atoms with van der Waals surface area (Å²) in [6, 6.07) is 5.85. The molecule has 6 heteroatoms. The molecule has 0 unspecified atom stereocenters. The summed E-state index contributed by atoms with van der Waals surface area (Å²) in [6.45, 7) is 4.27. The van der Waals surface area contributed by atoms with Crippen LogP contribution in [-0.2, 0) is 4.79 Å². The molecule has 0 aliphatic carbocycles. The first-order valence-electron chi connectivity index (χ1n) is 6.26. The highest BCUT2D eigenvalue weighted by atomic mass is 32.2. The molecule has 0 bridgehead atoms. The minimum absolute atomic E-state index is 0.0112. The van der Waals surface area contributed by atoms with Gasteiger partial charge in [-0.1, -0.05) is 18.3 Å². The Morgan fingerprint density at radius 1 is 1.45 bits per heavy atom. The average Bonchev–Trinajstić information content (AvgIpc) is 2.43. The molecule has 1 aromatic rings. The Labute approximate surface area is 129 Å². The van der Waals surface area contributed by atoms with Crippen molar-refractivity contribution in [3.05, 3.63) is 23.8 Å². The Kier molecular flexibility index (Phi) is 5.83. The van der Waals surface area contributed by atoms with Crippen LogP contribution in [0.3, 0.4) is 0 Å².